The fraction of sp³-hybridized carbons (Fsp3) is 0.417. The molecule has 0 heterocycles. The molecule has 66 valence electrons. The average molecular weight is 249 g/mol. The maximum Gasteiger partial charge on any atom is 3.00 e. The van der Waals surface area contributed by atoms with Gasteiger partial charge in [-0.1, -0.05) is 19.3 Å². The maximum absolute atomic E-state index is 2.89. The van der Waals surface area contributed by atoms with Crippen LogP contribution in [0.2, 0.25) is 0 Å². The standard InChI is InChI=1S/C6H11.C6H5.Y/c2*1-2-4-6-5-3-1;/h1H,2-6H2;1-5H;/q2*-1;+3. The van der Waals surface area contributed by atoms with Gasteiger partial charge in [-0.3, -0.25) is 0 Å². The van der Waals surface area contributed by atoms with Crippen LogP contribution < -0.4 is 0 Å². The summed E-state index contributed by atoms with van der Waals surface area (Å²) < 4.78 is 0. The molecule has 0 N–H and O–H groups in total. The Morgan fingerprint density at radius 2 is 1.46 bits per heavy atom. The molecule has 1 aliphatic rings. The molecule has 0 saturated heterocycles. The van der Waals surface area contributed by atoms with Gasteiger partial charge >= 0.3 is 32.7 Å². The van der Waals surface area contributed by atoms with E-state index in [1.165, 1.54) is 32.1 Å². The number of hydrogen-bond acceptors (Lipinski definition) is 0. The van der Waals surface area contributed by atoms with Crippen LogP contribution in [0.1, 0.15) is 32.1 Å². The topological polar surface area (TPSA) is 0 Å². The summed E-state index contributed by atoms with van der Waals surface area (Å²) in [5.74, 6) is 0. The summed E-state index contributed by atoms with van der Waals surface area (Å²) in [6.07, 6.45) is 9.50. The number of hydrogen-bond donors (Lipinski definition) is 0. The zero-order chi connectivity index (χ0) is 8.49. The summed E-state index contributed by atoms with van der Waals surface area (Å²) >= 11 is 0. The molecule has 0 unspecified atom stereocenters. The van der Waals surface area contributed by atoms with Crippen LogP contribution in [0.5, 0.6) is 0 Å². The van der Waals surface area contributed by atoms with Crippen LogP contribution in [0.15, 0.2) is 30.3 Å². The van der Waals surface area contributed by atoms with Crippen molar-refractivity contribution in [3.63, 3.8) is 0 Å². The fourth-order valence-electron chi connectivity index (χ4n) is 1.24. The van der Waals surface area contributed by atoms with E-state index in [0.29, 0.717) is 0 Å². The molecule has 1 aromatic carbocycles. The molecular weight excluding hydrogens is 233 g/mol. The third kappa shape index (κ3) is 8.65. The summed E-state index contributed by atoms with van der Waals surface area (Å²) in [6, 6.07) is 12.5. The van der Waals surface area contributed by atoms with Crippen LogP contribution in [0, 0.1) is 12.5 Å². The van der Waals surface area contributed by atoms with Crippen LogP contribution in [-0.2, 0) is 32.7 Å². The van der Waals surface area contributed by atoms with E-state index in [9.17, 15) is 0 Å². The Labute approximate surface area is 107 Å². The first-order valence-corrected chi connectivity index (χ1v) is 4.73. The van der Waals surface area contributed by atoms with Crippen molar-refractivity contribution in [2.75, 3.05) is 0 Å². The van der Waals surface area contributed by atoms with E-state index in [-0.39, 0.29) is 32.7 Å². The fourth-order valence-corrected chi connectivity index (χ4v) is 1.24. The molecule has 0 spiro atoms. The van der Waals surface area contributed by atoms with Gasteiger partial charge < -0.3 is 6.42 Å². The van der Waals surface area contributed by atoms with Gasteiger partial charge in [-0.05, 0) is 0 Å². The Morgan fingerprint density at radius 1 is 0.846 bits per heavy atom. The van der Waals surface area contributed by atoms with Crippen molar-refractivity contribution >= 4 is 0 Å². The molecule has 0 radical (unpaired) electrons. The smallest absolute Gasteiger partial charge is 0.328 e. The Hall–Kier alpha value is 0.324. The summed E-state index contributed by atoms with van der Waals surface area (Å²) in [6.45, 7) is 0. The van der Waals surface area contributed by atoms with Gasteiger partial charge in [-0.15, -0.1) is 0 Å². The van der Waals surface area contributed by atoms with Crippen molar-refractivity contribution in [1.82, 2.24) is 0 Å². The Morgan fingerprint density at radius 3 is 1.62 bits per heavy atom. The van der Waals surface area contributed by atoms with Crippen molar-refractivity contribution in [2.45, 2.75) is 32.1 Å². The van der Waals surface area contributed by atoms with Crippen LogP contribution in [0.25, 0.3) is 0 Å². The molecular formula is C12H16Y+. The minimum atomic E-state index is 0. The Kier molecular flexibility index (Phi) is 10.7. The third-order valence-corrected chi connectivity index (χ3v) is 1.92. The van der Waals surface area contributed by atoms with Crippen molar-refractivity contribution in [3.8, 4) is 0 Å². The second kappa shape index (κ2) is 10.4. The molecule has 1 heteroatoms. The molecule has 1 fully saturated rings. The van der Waals surface area contributed by atoms with Gasteiger partial charge in [0.2, 0.25) is 0 Å². The normalized spacial score (nSPS) is 14.8. The van der Waals surface area contributed by atoms with E-state index >= 15 is 0 Å². The van der Waals surface area contributed by atoms with E-state index < -0.39 is 0 Å². The molecule has 0 aromatic heterocycles. The second-order valence-corrected chi connectivity index (χ2v) is 3.00. The molecule has 0 aliphatic heterocycles. The zero-order valence-corrected chi connectivity index (χ0v) is 10.9. The van der Waals surface area contributed by atoms with Crippen molar-refractivity contribution in [2.24, 2.45) is 0 Å². The summed E-state index contributed by atoms with van der Waals surface area (Å²) in [5, 5.41) is 0. The average Bonchev–Trinajstić information content (AvgIpc) is 2.24. The first kappa shape index (κ1) is 13.3. The summed E-state index contributed by atoms with van der Waals surface area (Å²) in [4.78, 5) is 0. The van der Waals surface area contributed by atoms with Crippen LogP contribution in [-0.4, -0.2) is 0 Å². The first-order valence-electron chi connectivity index (χ1n) is 4.73. The predicted molar refractivity (Wildman–Crippen MR) is 52.7 cm³/mol. The molecule has 0 amide bonds. The van der Waals surface area contributed by atoms with E-state index in [1.807, 2.05) is 30.3 Å². The molecule has 1 saturated carbocycles. The number of rotatable bonds is 0. The Bertz CT molecular complexity index is 130. The summed E-state index contributed by atoms with van der Waals surface area (Å²) in [5.41, 5.74) is 0. The molecule has 13 heavy (non-hydrogen) atoms. The van der Waals surface area contributed by atoms with E-state index in [1.54, 1.807) is 0 Å². The quantitative estimate of drug-likeness (QED) is 0.616. The Balaban J connectivity index is 0.000000206. The van der Waals surface area contributed by atoms with Gasteiger partial charge in [0, 0.05) is 0 Å². The molecule has 2 rings (SSSR count). The van der Waals surface area contributed by atoms with Gasteiger partial charge in [0.1, 0.15) is 0 Å². The number of benzene rings is 1. The minimum absolute atomic E-state index is 0. The molecule has 0 nitrogen and oxygen atoms in total. The van der Waals surface area contributed by atoms with E-state index in [0.717, 1.165) is 0 Å². The molecule has 0 bridgehead atoms. The predicted octanol–water partition coefficient (Wildman–Crippen LogP) is 3.64. The molecule has 1 aliphatic carbocycles. The zero-order valence-electron chi connectivity index (χ0n) is 8.08. The van der Waals surface area contributed by atoms with Gasteiger partial charge in [-0.25, -0.2) is 0 Å². The molecule has 0 atom stereocenters. The maximum atomic E-state index is 2.89. The van der Waals surface area contributed by atoms with Crippen LogP contribution in [0.4, 0.5) is 0 Å². The van der Waals surface area contributed by atoms with Crippen molar-refractivity contribution < 1.29 is 32.7 Å². The summed E-state index contributed by atoms with van der Waals surface area (Å²) in [7, 11) is 0. The van der Waals surface area contributed by atoms with Gasteiger partial charge in [0.15, 0.2) is 0 Å². The molecule has 1 aromatic rings. The third-order valence-electron chi connectivity index (χ3n) is 1.92. The van der Waals surface area contributed by atoms with Gasteiger partial charge in [0.05, 0.1) is 0 Å². The first-order chi connectivity index (χ1) is 6.00. The SMILES string of the molecule is [CH-]1CCCCC1.[Y+3].[c-]1ccccc1. The van der Waals surface area contributed by atoms with Gasteiger partial charge in [-0.2, -0.15) is 49.2 Å². The van der Waals surface area contributed by atoms with Crippen LogP contribution in [0.3, 0.4) is 0 Å². The van der Waals surface area contributed by atoms with E-state index in [2.05, 4.69) is 12.5 Å². The second-order valence-electron chi connectivity index (χ2n) is 3.00. The van der Waals surface area contributed by atoms with Gasteiger partial charge in [0.25, 0.3) is 0 Å². The monoisotopic (exact) mass is 249 g/mol. The van der Waals surface area contributed by atoms with Crippen molar-refractivity contribution in [1.29, 1.82) is 0 Å². The van der Waals surface area contributed by atoms with Crippen molar-refractivity contribution in [3.05, 3.63) is 42.8 Å². The van der Waals surface area contributed by atoms with Crippen LogP contribution >= 0.6 is 0 Å². The van der Waals surface area contributed by atoms with E-state index in [4.69, 9.17) is 0 Å². The largest absolute Gasteiger partial charge is 3.00 e. The minimum Gasteiger partial charge on any atom is -0.328 e.